The lowest BCUT2D eigenvalue weighted by Gasteiger charge is -1.86. The van der Waals surface area contributed by atoms with Crippen LogP contribution in [0.3, 0.4) is 0 Å². The SMILES string of the molecule is N#Cc1cccc([S]=O)n1. The molecule has 0 N–H and O–H groups in total. The van der Waals surface area contributed by atoms with Crippen LogP contribution in [0.4, 0.5) is 0 Å². The van der Waals surface area contributed by atoms with E-state index < -0.39 is 0 Å². The molecule has 0 fully saturated rings. The predicted molar refractivity (Wildman–Crippen MR) is 35.4 cm³/mol. The maximum Gasteiger partial charge on any atom is 0.157 e. The monoisotopic (exact) mass is 151 g/mol. The molecule has 0 saturated carbocycles. The fraction of sp³-hybridized carbons (Fsp3) is 0. The van der Waals surface area contributed by atoms with E-state index in [0.717, 1.165) is 0 Å². The molecule has 10 heavy (non-hydrogen) atoms. The van der Waals surface area contributed by atoms with Gasteiger partial charge in [-0.15, -0.1) is 0 Å². The quantitative estimate of drug-likeness (QED) is 0.588. The van der Waals surface area contributed by atoms with Gasteiger partial charge in [-0.2, -0.15) is 5.26 Å². The molecule has 1 radical (unpaired) electrons. The van der Waals surface area contributed by atoms with Crippen molar-refractivity contribution in [2.24, 2.45) is 0 Å². The Bertz CT molecular complexity index is 292. The smallest absolute Gasteiger partial charge is 0.157 e. The first-order chi connectivity index (χ1) is 4.86. The zero-order valence-electron chi connectivity index (χ0n) is 4.94. The van der Waals surface area contributed by atoms with Crippen LogP contribution in [0.2, 0.25) is 0 Å². The van der Waals surface area contributed by atoms with Crippen molar-refractivity contribution in [1.29, 1.82) is 5.26 Å². The summed E-state index contributed by atoms with van der Waals surface area (Å²) in [5, 5.41) is 8.67. The highest BCUT2D eigenvalue weighted by molar-refractivity contribution is 7.65. The van der Waals surface area contributed by atoms with Crippen LogP contribution in [-0.2, 0) is 11.7 Å². The van der Waals surface area contributed by atoms with Crippen LogP contribution < -0.4 is 0 Å². The Hall–Kier alpha value is -1.34. The van der Waals surface area contributed by atoms with E-state index >= 15 is 0 Å². The molecule has 0 aliphatic rings. The fourth-order valence-corrected chi connectivity index (χ4v) is 0.793. The molecule has 0 bridgehead atoms. The molecule has 49 valence electrons. The average Bonchev–Trinajstić information content (AvgIpc) is 2.05. The highest BCUT2D eigenvalue weighted by Crippen LogP contribution is 1.96. The first kappa shape index (κ1) is 6.78. The summed E-state index contributed by atoms with van der Waals surface area (Å²) in [5.74, 6) is 0. The minimum absolute atomic E-state index is 0.279. The van der Waals surface area contributed by atoms with Crippen molar-refractivity contribution >= 4 is 11.7 Å². The molecule has 1 aromatic rings. The van der Waals surface area contributed by atoms with Gasteiger partial charge in [-0.1, -0.05) is 6.07 Å². The third-order valence-electron chi connectivity index (χ3n) is 0.923. The maximum absolute atomic E-state index is 10.1. The number of nitriles is 1. The van der Waals surface area contributed by atoms with Crippen molar-refractivity contribution in [2.75, 3.05) is 0 Å². The van der Waals surface area contributed by atoms with Gasteiger partial charge in [0.1, 0.15) is 23.4 Å². The molecule has 1 rings (SSSR count). The molecule has 0 aliphatic heterocycles. The lowest BCUT2D eigenvalue weighted by molar-refractivity contribution is 0.691. The van der Waals surface area contributed by atoms with E-state index in [1.54, 1.807) is 18.2 Å². The minimum Gasteiger partial charge on any atom is -0.224 e. The molecule has 1 aromatic heterocycles. The third-order valence-corrected chi connectivity index (χ3v) is 1.32. The largest absolute Gasteiger partial charge is 0.224 e. The Balaban J connectivity index is 3.13. The summed E-state index contributed by atoms with van der Waals surface area (Å²) >= 11 is 0.286. The molecular formula is C6H3N2OS. The molecule has 0 atom stereocenters. The van der Waals surface area contributed by atoms with Gasteiger partial charge < -0.3 is 0 Å². The van der Waals surface area contributed by atoms with Crippen molar-refractivity contribution in [3.63, 3.8) is 0 Å². The third kappa shape index (κ3) is 1.33. The molecule has 0 aromatic carbocycles. The summed E-state index contributed by atoms with van der Waals surface area (Å²) in [6.07, 6.45) is 0. The number of aromatic nitrogens is 1. The number of pyridine rings is 1. The van der Waals surface area contributed by atoms with Crippen LogP contribution in [0.1, 0.15) is 5.69 Å². The van der Waals surface area contributed by atoms with Crippen LogP contribution in [0.5, 0.6) is 0 Å². The van der Waals surface area contributed by atoms with Gasteiger partial charge in [0.25, 0.3) is 0 Å². The number of nitrogens with zero attached hydrogens (tertiary/aromatic N) is 2. The Morgan fingerprint density at radius 1 is 1.60 bits per heavy atom. The molecule has 0 saturated heterocycles. The van der Waals surface area contributed by atoms with Crippen LogP contribution in [-0.4, -0.2) is 9.19 Å². The average molecular weight is 151 g/mol. The molecular weight excluding hydrogens is 148 g/mol. The molecule has 0 amide bonds. The van der Waals surface area contributed by atoms with E-state index in [-0.39, 0.29) is 17.4 Å². The first-order valence-electron chi connectivity index (χ1n) is 2.54. The van der Waals surface area contributed by atoms with Crippen molar-refractivity contribution in [3.8, 4) is 6.07 Å². The lowest BCUT2D eigenvalue weighted by atomic mass is 10.4. The molecule has 1 heterocycles. The molecule has 0 spiro atoms. The van der Waals surface area contributed by atoms with E-state index in [0.29, 0.717) is 5.03 Å². The highest BCUT2D eigenvalue weighted by Gasteiger charge is 1.93. The standard InChI is InChI=1S/C6H3N2OS/c7-4-5-2-1-3-6(8-5)10-9/h1-3H. The molecule has 0 unspecified atom stereocenters. The molecule has 0 aliphatic carbocycles. The number of hydrogen-bond donors (Lipinski definition) is 0. The summed E-state index contributed by atoms with van der Waals surface area (Å²) in [6, 6.07) is 6.59. The Morgan fingerprint density at radius 3 is 3.00 bits per heavy atom. The summed E-state index contributed by atoms with van der Waals surface area (Å²) in [6.45, 7) is 0. The highest BCUT2D eigenvalue weighted by atomic mass is 32.1. The van der Waals surface area contributed by atoms with E-state index in [1.807, 2.05) is 6.07 Å². The number of hydrogen-bond acceptors (Lipinski definition) is 3. The van der Waals surface area contributed by atoms with E-state index in [1.165, 1.54) is 0 Å². The van der Waals surface area contributed by atoms with E-state index in [4.69, 9.17) is 5.26 Å². The predicted octanol–water partition coefficient (Wildman–Crippen LogP) is 0.525. The fourth-order valence-electron chi connectivity index (χ4n) is 0.524. The van der Waals surface area contributed by atoms with Gasteiger partial charge >= 0.3 is 0 Å². The minimum atomic E-state index is 0.279. The zero-order chi connectivity index (χ0) is 7.40. The van der Waals surface area contributed by atoms with Gasteiger partial charge in [0.05, 0.1) is 0 Å². The second-order valence-corrected chi connectivity index (χ2v) is 2.14. The van der Waals surface area contributed by atoms with Crippen LogP contribution in [0.25, 0.3) is 0 Å². The van der Waals surface area contributed by atoms with Gasteiger partial charge in [-0.25, -0.2) is 9.19 Å². The second kappa shape index (κ2) is 2.99. The topological polar surface area (TPSA) is 53.8 Å². The lowest BCUT2D eigenvalue weighted by Crippen LogP contribution is -1.84. The first-order valence-corrected chi connectivity index (χ1v) is 3.28. The Labute approximate surface area is 61.8 Å². The van der Waals surface area contributed by atoms with Gasteiger partial charge in [0.2, 0.25) is 0 Å². The Morgan fingerprint density at radius 2 is 2.40 bits per heavy atom. The van der Waals surface area contributed by atoms with Crippen LogP contribution in [0.15, 0.2) is 23.2 Å². The van der Waals surface area contributed by atoms with Crippen LogP contribution >= 0.6 is 0 Å². The van der Waals surface area contributed by atoms with Crippen molar-refractivity contribution in [1.82, 2.24) is 4.98 Å². The molecule has 3 nitrogen and oxygen atoms in total. The van der Waals surface area contributed by atoms with E-state index in [2.05, 4.69) is 4.98 Å². The summed E-state index contributed by atoms with van der Waals surface area (Å²) in [5.41, 5.74) is 0.279. The van der Waals surface area contributed by atoms with Crippen molar-refractivity contribution in [2.45, 2.75) is 5.03 Å². The van der Waals surface area contributed by atoms with Gasteiger partial charge in [-0.05, 0) is 12.1 Å². The second-order valence-electron chi connectivity index (χ2n) is 1.56. The van der Waals surface area contributed by atoms with Gasteiger partial charge in [-0.3, -0.25) is 0 Å². The Kier molecular flexibility index (Phi) is 2.03. The van der Waals surface area contributed by atoms with Gasteiger partial charge in [0.15, 0.2) is 5.03 Å². The van der Waals surface area contributed by atoms with Crippen LogP contribution in [0, 0.1) is 11.3 Å². The number of rotatable bonds is 1. The summed E-state index contributed by atoms with van der Waals surface area (Å²) < 4.78 is 10.1. The van der Waals surface area contributed by atoms with E-state index in [9.17, 15) is 4.21 Å². The summed E-state index contributed by atoms with van der Waals surface area (Å²) in [7, 11) is 0. The van der Waals surface area contributed by atoms with Gasteiger partial charge in [0, 0.05) is 0 Å². The summed E-state index contributed by atoms with van der Waals surface area (Å²) in [4.78, 5) is 3.70. The van der Waals surface area contributed by atoms with Crippen molar-refractivity contribution in [3.05, 3.63) is 23.9 Å². The normalized spacial score (nSPS) is 8.30. The maximum atomic E-state index is 10.1. The molecule has 4 heteroatoms. The van der Waals surface area contributed by atoms with Crippen molar-refractivity contribution < 1.29 is 4.21 Å². The zero-order valence-corrected chi connectivity index (χ0v) is 5.76.